The van der Waals surface area contributed by atoms with Gasteiger partial charge in [-0.2, -0.15) is 0 Å². The van der Waals surface area contributed by atoms with Gasteiger partial charge >= 0.3 is 0 Å². The Bertz CT molecular complexity index is 392. The smallest absolute Gasteiger partial charge is 0.277 e. The fourth-order valence-corrected chi connectivity index (χ4v) is 3.43. The molecular formula is C12H18N2O2S. The van der Waals surface area contributed by atoms with Crippen LogP contribution in [-0.2, 0) is 6.42 Å². The first kappa shape index (κ1) is 12.5. The van der Waals surface area contributed by atoms with Crippen LogP contribution in [0, 0.1) is 0 Å². The normalized spacial score (nSPS) is 19.9. The van der Waals surface area contributed by atoms with Crippen LogP contribution in [-0.4, -0.2) is 33.5 Å². The van der Waals surface area contributed by atoms with E-state index >= 15 is 0 Å². The molecule has 5 heteroatoms. The lowest BCUT2D eigenvalue weighted by molar-refractivity contribution is 0.0749. The van der Waals surface area contributed by atoms with E-state index in [4.69, 9.17) is 4.42 Å². The van der Waals surface area contributed by atoms with E-state index < -0.39 is 0 Å². The van der Waals surface area contributed by atoms with Gasteiger partial charge in [0.05, 0.1) is 5.37 Å². The van der Waals surface area contributed by atoms with Crippen molar-refractivity contribution in [1.82, 2.24) is 9.88 Å². The van der Waals surface area contributed by atoms with Crippen molar-refractivity contribution in [2.75, 3.05) is 12.3 Å². The molecule has 0 unspecified atom stereocenters. The Labute approximate surface area is 106 Å². The van der Waals surface area contributed by atoms with Crippen molar-refractivity contribution in [2.45, 2.75) is 38.5 Å². The van der Waals surface area contributed by atoms with E-state index in [-0.39, 0.29) is 5.91 Å². The van der Waals surface area contributed by atoms with Crippen LogP contribution in [0.25, 0.3) is 0 Å². The predicted octanol–water partition coefficient (Wildman–Crippen LogP) is 2.55. The summed E-state index contributed by atoms with van der Waals surface area (Å²) in [6, 6.07) is 0. The van der Waals surface area contributed by atoms with Crippen LogP contribution in [0.1, 0.15) is 42.9 Å². The summed E-state index contributed by atoms with van der Waals surface area (Å²) in [5, 5.41) is 0.314. The molecular weight excluding hydrogens is 236 g/mol. The molecule has 4 nitrogen and oxygen atoms in total. The fourth-order valence-electron chi connectivity index (χ4n) is 2.07. The highest BCUT2D eigenvalue weighted by molar-refractivity contribution is 8.00. The number of carbonyl (C=O) groups is 1. The van der Waals surface area contributed by atoms with Crippen LogP contribution >= 0.6 is 11.8 Å². The third kappa shape index (κ3) is 2.49. The minimum atomic E-state index is 0.0269. The maximum atomic E-state index is 12.4. The Hall–Kier alpha value is -0.970. The van der Waals surface area contributed by atoms with E-state index in [2.05, 4.69) is 11.9 Å². The summed E-state index contributed by atoms with van der Waals surface area (Å²) >= 11 is 1.86. The third-order valence-electron chi connectivity index (χ3n) is 2.95. The summed E-state index contributed by atoms with van der Waals surface area (Å²) < 4.78 is 5.22. The Morgan fingerprint density at radius 3 is 3.18 bits per heavy atom. The summed E-state index contributed by atoms with van der Waals surface area (Å²) in [7, 11) is 0. The van der Waals surface area contributed by atoms with Crippen LogP contribution in [0.4, 0.5) is 0 Å². The number of hydrogen-bond acceptors (Lipinski definition) is 4. The molecule has 2 rings (SSSR count). The number of hydrogen-bond donors (Lipinski definition) is 0. The van der Waals surface area contributed by atoms with Gasteiger partial charge in [0.15, 0.2) is 12.1 Å². The molecule has 1 aromatic heterocycles. The van der Waals surface area contributed by atoms with Crippen molar-refractivity contribution in [3.05, 3.63) is 17.8 Å². The van der Waals surface area contributed by atoms with Crippen LogP contribution in [0.15, 0.2) is 10.8 Å². The van der Waals surface area contributed by atoms with Gasteiger partial charge in [-0.1, -0.05) is 20.3 Å². The molecule has 1 aromatic rings. The average Bonchev–Trinajstić information content (AvgIpc) is 2.96. The minimum absolute atomic E-state index is 0.0269. The van der Waals surface area contributed by atoms with Crippen molar-refractivity contribution in [3.63, 3.8) is 0 Å². The lowest BCUT2D eigenvalue weighted by Gasteiger charge is -2.22. The van der Waals surface area contributed by atoms with Gasteiger partial charge in [0.1, 0.15) is 5.76 Å². The molecule has 1 fully saturated rings. The number of aryl methyl sites for hydroxylation is 1. The second-order valence-corrected chi connectivity index (χ2v) is 5.38. The van der Waals surface area contributed by atoms with Gasteiger partial charge in [-0.3, -0.25) is 4.79 Å². The van der Waals surface area contributed by atoms with Gasteiger partial charge in [0, 0.05) is 18.7 Å². The molecule has 0 saturated carbocycles. The Balaban J connectivity index is 2.14. The summed E-state index contributed by atoms with van der Waals surface area (Å²) in [6.45, 7) is 4.94. The molecule has 0 aromatic carbocycles. The van der Waals surface area contributed by atoms with Gasteiger partial charge in [0.25, 0.3) is 5.91 Å². The Kier molecular flexibility index (Phi) is 4.10. The maximum Gasteiger partial charge on any atom is 0.277 e. The summed E-state index contributed by atoms with van der Waals surface area (Å²) in [5.74, 6) is 1.75. The van der Waals surface area contributed by atoms with Gasteiger partial charge < -0.3 is 9.32 Å². The van der Waals surface area contributed by atoms with Crippen LogP contribution in [0.2, 0.25) is 0 Å². The first-order valence-corrected chi connectivity index (χ1v) is 7.17. The molecule has 0 radical (unpaired) electrons. The maximum absolute atomic E-state index is 12.4. The summed E-state index contributed by atoms with van der Waals surface area (Å²) in [4.78, 5) is 18.4. The fraction of sp³-hybridized carbons (Fsp3) is 0.667. The lowest BCUT2D eigenvalue weighted by Crippen LogP contribution is -2.35. The lowest BCUT2D eigenvalue weighted by atomic mass is 10.2. The molecule has 1 aliphatic rings. The second kappa shape index (κ2) is 5.58. The van der Waals surface area contributed by atoms with Gasteiger partial charge in [-0.05, 0) is 6.42 Å². The largest absolute Gasteiger partial charge is 0.448 e. The van der Waals surface area contributed by atoms with E-state index in [1.165, 1.54) is 6.39 Å². The monoisotopic (exact) mass is 254 g/mol. The van der Waals surface area contributed by atoms with E-state index in [9.17, 15) is 4.79 Å². The topological polar surface area (TPSA) is 46.3 Å². The molecule has 1 atom stereocenters. The number of carbonyl (C=O) groups excluding carboxylic acids is 1. The molecule has 94 valence electrons. The first-order valence-electron chi connectivity index (χ1n) is 6.12. The molecule has 2 heterocycles. The van der Waals surface area contributed by atoms with Crippen molar-refractivity contribution in [3.8, 4) is 0 Å². The zero-order valence-corrected chi connectivity index (χ0v) is 11.1. The highest BCUT2D eigenvalue weighted by Crippen LogP contribution is 2.29. The van der Waals surface area contributed by atoms with Crippen LogP contribution in [0.3, 0.4) is 0 Å². The highest BCUT2D eigenvalue weighted by Gasteiger charge is 2.31. The van der Waals surface area contributed by atoms with Crippen molar-refractivity contribution in [1.29, 1.82) is 0 Å². The quantitative estimate of drug-likeness (QED) is 0.828. The number of thioether (sulfide) groups is 1. The minimum Gasteiger partial charge on any atom is -0.448 e. The van der Waals surface area contributed by atoms with Crippen LogP contribution < -0.4 is 0 Å². The SMILES string of the molecule is CCC[C@H]1SCCN1C(=O)c1ncoc1CC. The third-order valence-corrected chi connectivity index (χ3v) is 4.24. The van der Waals surface area contributed by atoms with E-state index in [1.807, 2.05) is 23.6 Å². The number of rotatable bonds is 4. The molecule has 1 aliphatic heterocycles. The zero-order valence-electron chi connectivity index (χ0n) is 10.3. The number of aromatic nitrogens is 1. The highest BCUT2D eigenvalue weighted by atomic mass is 32.2. The molecule has 1 saturated heterocycles. The molecule has 0 aliphatic carbocycles. The molecule has 0 N–H and O–H groups in total. The van der Waals surface area contributed by atoms with E-state index in [1.54, 1.807) is 0 Å². The van der Waals surface area contributed by atoms with Gasteiger partial charge in [-0.15, -0.1) is 11.8 Å². The van der Waals surface area contributed by atoms with E-state index in [0.29, 0.717) is 23.2 Å². The Morgan fingerprint density at radius 2 is 2.47 bits per heavy atom. The number of amides is 1. The molecule has 17 heavy (non-hydrogen) atoms. The average molecular weight is 254 g/mol. The first-order chi connectivity index (χ1) is 8.27. The van der Waals surface area contributed by atoms with E-state index in [0.717, 1.165) is 25.1 Å². The second-order valence-electron chi connectivity index (χ2n) is 4.09. The van der Waals surface area contributed by atoms with Gasteiger partial charge in [-0.25, -0.2) is 4.98 Å². The Morgan fingerprint density at radius 1 is 1.65 bits per heavy atom. The molecule has 0 spiro atoms. The summed E-state index contributed by atoms with van der Waals surface area (Å²) in [5.41, 5.74) is 0.496. The van der Waals surface area contributed by atoms with Crippen molar-refractivity contribution in [2.24, 2.45) is 0 Å². The molecule has 0 bridgehead atoms. The van der Waals surface area contributed by atoms with Crippen molar-refractivity contribution >= 4 is 17.7 Å². The molecule has 1 amide bonds. The van der Waals surface area contributed by atoms with Gasteiger partial charge in [0.2, 0.25) is 0 Å². The summed E-state index contributed by atoms with van der Waals surface area (Å²) in [6.07, 6.45) is 4.22. The predicted molar refractivity (Wildman–Crippen MR) is 68.1 cm³/mol. The number of oxazole rings is 1. The number of nitrogens with zero attached hydrogens (tertiary/aromatic N) is 2. The van der Waals surface area contributed by atoms with Crippen molar-refractivity contribution < 1.29 is 9.21 Å². The van der Waals surface area contributed by atoms with Crippen LogP contribution in [0.5, 0.6) is 0 Å². The zero-order chi connectivity index (χ0) is 12.3. The standard InChI is InChI=1S/C12H18N2O2S/c1-3-5-10-14(6-7-17-10)12(15)11-9(4-2)16-8-13-11/h8,10H,3-7H2,1-2H3/t10-/m1/s1.